The van der Waals surface area contributed by atoms with Crippen molar-refractivity contribution in [2.75, 3.05) is 31.1 Å². The SMILES string of the molecule is Fc1ccc(-c2ccn([C@H]3CC[C@H](N4CCN(c5ccccc5Cl)CC4)C3)n2)cc1. The predicted molar refractivity (Wildman–Crippen MR) is 120 cm³/mol. The van der Waals surface area contributed by atoms with E-state index in [-0.39, 0.29) is 5.82 Å². The molecule has 0 radical (unpaired) electrons. The van der Waals surface area contributed by atoms with Crippen molar-refractivity contribution in [1.82, 2.24) is 14.7 Å². The molecule has 2 heterocycles. The van der Waals surface area contributed by atoms with Crippen molar-refractivity contribution in [2.24, 2.45) is 0 Å². The van der Waals surface area contributed by atoms with Crippen molar-refractivity contribution >= 4 is 17.3 Å². The van der Waals surface area contributed by atoms with Gasteiger partial charge in [-0.3, -0.25) is 9.58 Å². The van der Waals surface area contributed by atoms with Gasteiger partial charge < -0.3 is 4.90 Å². The topological polar surface area (TPSA) is 24.3 Å². The second-order valence-electron chi connectivity index (χ2n) is 8.28. The van der Waals surface area contributed by atoms with Crippen LogP contribution >= 0.6 is 11.6 Å². The molecule has 0 N–H and O–H groups in total. The van der Waals surface area contributed by atoms with Gasteiger partial charge in [-0.1, -0.05) is 23.7 Å². The molecule has 1 aliphatic heterocycles. The molecule has 2 fully saturated rings. The molecular weight excluding hydrogens is 399 g/mol. The Labute approximate surface area is 181 Å². The Kier molecular flexibility index (Phi) is 5.48. The zero-order valence-electron chi connectivity index (χ0n) is 16.9. The van der Waals surface area contributed by atoms with Crippen LogP contribution in [0.15, 0.2) is 60.8 Å². The van der Waals surface area contributed by atoms with Crippen LogP contribution in [0.25, 0.3) is 11.3 Å². The van der Waals surface area contributed by atoms with Crippen molar-refractivity contribution in [3.63, 3.8) is 0 Å². The summed E-state index contributed by atoms with van der Waals surface area (Å²) in [6, 6.07) is 17.8. The first-order chi connectivity index (χ1) is 14.7. The summed E-state index contributed by atoms with van der Waals surface area (Å²) in [5.41, 5.74) is 3.01. The van der Waals surface area contributed by atoms with E-state index in [1.165, 1.54) is 18.6 Å². The van der Waals surface area contributed by atoms with E-state index >= 15 is 0 Å². The molecule has 2 aliphatic rings. The average molecular weight is 425 g/mol. The fourth-order valence-corrected chi connectivity index (χ4v) is 5.11. The van der Waals surface area contributed by atoms with Gasteiger partial charge in [-0.25, -0.2) is 4.39 Å². The molecule has 30 heavy (non-hydrogen) atoms. The number of hydrogen-bond acceptors (Lipinski definition) is 3. The van der Waals surface area contributed by atoms with Crippen LogP contribution in [0.4, 0.5) is 10.1 Å². The third-order valence-corrected chi connectivity index (χ3v) is 6.84. The minimum Gasteiger partial charge on any atom is -0.368 e. The number of anilines is 1. The van der Waals surface area contributed by atoms with E-state index in [9.17, 15) is 4.39 Å². The number of aromatic nitrogens is 2. The molecule has 1 aliphatic carbocycles. The highest BCUT2D eigenvalue weighted by Gasteiger charge is 2.32. The molecule has 0 amide bonds. The summed E-state index contributed by atoms with van der Waals surface area (Å²) in [5, 5.41) is 5.62. The fraction of sp³-hybridized carbons (Fsp3) is 0.375. The number of rotatable bonds is 4. The van der Waals surface area contributed by atoms with E-state index in [0.717, 1.165) is 61.0 Å². The lowest BCUT2D eigenvalue weighted by Crippen LogP contribution is -2.49. The average Bonchev–Trinajstić information content (AvgIpc) is 3.45. The van der Waals surface area contributed by atoms with Gasteiger partial charge >= 0.3 is 0 Å². The van der Waals surface area contributed by atoms with Crippen LogP contribution in [0.1, 0.15) is 25.3 Å². The van der Waals surface area contributed by atoms with Crippen LogP contribution in [0.2, 0.25) is 5.02 Å². The van der Waals surface area contributed by atoms with Gasteiger partial charge in [0.15, 0.2) is 0 Å². The molecule has 3 aromatic rings. The van der Waals surface area contributed by atoms with E-state index < -0.39 is 0 Å². The summed E-state index contributed by atoms with van der Waals surface area (Å²) in [6.45, 7) is 4.17. The third kappa shape index (κ3) is 3.96. The van der Waals surface area contributed by atoms with E-state index in [1.807, 2.05) is 18.2 Å². The van der Waals surface area contributed by atoms with Crippen molar-refractivity contribution in [3.05, 3.63) is 71.6 Å². The van der Waals surface area contributed by atoms with Crippen LogP contribution < -0.4 is 4.90 Å². The Morgan fingerprint density at radius 1 is 0.867 bits per heavy atom. The van der Waals surface area contributed by atoms with Crippen LogP contribution in [0.5, 0.6) is 0 Å². The van der Waals surface area contributed by atoms with E-state index in [1.54, 1.807) is 12.1 Å². The maximum absolute atomic E-state index is 13.2. The molecular formula is C24H26ClFN4. The summed E-state index contributed by atoms with van der Waals surface area (Å²) < 4.78 is 15.3. The van der Waals surface area contributed by atoms with E-state index in [4.69, 9.17) is 16.7 Å². The molecule has 0 spiro atoms. The molecule has 6 heteroatoms. The molecule has 1 saturated carbocycles. The summed E-state index contributed by atoms with van der Waals surface area (Å²) >= 11 is 6.38. The zero-order valence-corrected chi connectivity index (χ0v) is 17.7. The number of para-hydroxylation sites is 1. The first kappa shape index (κ1) is 19.6. The van der Waals surface area contributed by atoms with Gasteiger partial charge in [0.2, 0.25) is 0 Å². The number of nitrogens with zero attached hydrogens (tertiary/aromatic N) is 4. The molecule has 1 saturated heterocycles. The zero-order chi connectivity index (χ0) is 20.5. The number of benzene rings is 2. The summed E-state index contributed by atoms with van der Waals surface area (Å²) in [5.74, 6) is -0.216. The number of halogens is 2. The highest BCUT2D eigenvalue weighted by Crippen LogP contribution is 2.35. The van der Waals surface area contributed by atoms with Gasteiger partial charge in [-0.2, -0.15) is 5.10 Å². The summed E-state index contributed by atoms with van der Waals surface area (Å²) in [7, 11) is 0. The maximum atomic E-state index is 13.2. The third-order valence-electron chi connectivity index (χ3n) is 6.52. The quantitative estimate of drug-likeness (QED) is 0.571. The van der Waals surface area contributed by atoms with Gasteiger partial charge in [-0.05, 0) is 61.7 Å². The second-order valence-corrected chi connectivity index (χ2v) is 8.69. The molecule has 1 aromatic heterocycles. The minimum absolute atomic E-state index is 0.216. The lowest BCUT2D eigenvalue weighted by Gasteiger charge is -2.39. The Morgan fingerprint density at radius 2 is 1.60 bits per heavy atom. The second kappa shape index (κ2) is 8.40. The molecule has 4 nitrogen and oxygen atoms in total. The van der Waals surface area contributed by atoms with Crippen LogP contribution in [-0.2, 0) is 0 Å². The first-order valence-electron chi connectivity index (χ1n) is 10.7. The van der Waals surface area contributed by atoms with Gasteiger partial charge in [0.1, 0.15) is 5.82 Å². The minimum atomic E-state index is -0.216. The largest absolute Gasteiger partial charge is 0.368 e. The number of hydrogen-bond donors (Lipinski definition) is 0. The Bertz CT molecular complexity index is 994. The monoisotopic (exact) mass is 424 g/mol. The van der Waals surface area contributed by atoms with Crippen LogP contribution in [0, 0.1) is 5.82 Å². The number of piperazine rings is 1. The fourth-order valence-electron chi connectivity index (χ4n) is 4.86. The maximum Gasteiger partial charge on any atom is 0.123 e. The van der Waals surface area contributed by atoms with Crippen molar-refractivity contribution < 1.29 is 4.39 Å². The first-order valence-corrected chi connectivity index (χ1v) is 11.1. The lowest BCUT2D eigenvalue weighted by atomic mass is 10.1. The molecule has 2 aromatic carbocycles. The molecule has 5 rings (SSSR count). The Hall–Kier alpha value is -2.37. The van der Waals surface area contributed by atoms with Crippen LogP contribution in [0.3, 0.4) is 0 Å². The normalized spacial score (nSPS) is 22.5. The van der Waals surface area contributed by atoms with Crippen molar-refractivity contribution in [2.45, 2.75) is 31.3 Å². The lowest BCUT2D eigenvalue weighted by molar-refractivity contribution is 0.183. The Morgan fingerprint density at radius 3 is 2.37 bits per heavy atom. The summed E-state index contributed by atoms with van der Waals surface area (Å²) in [6.07, 6.45) is 5.57. The van der Waals surface area contributed by atoms with Crippen molar-refractivity contribution in [1.29, 1.82) is 0 Å². The van der Waals surface area contributed by atoms with Crippen LogP contribution in [-0.4, -0.2) is 46.9 Å². The molecule has 0 bridgehead atoms. The van der Waals surface area contributed by atoms with Gasteiger partial charge in [0.05, 0.1) is 22.4 Å². The van der Waals surface area contributed by atoms with Gasteiger partial charge in [0.25, 0.3) is 0 Å². The smallest absolute Gasteiger partial charge is 0.123 e. The molecule has 156 valence electrons. The van der Waals surface area contributed by atoms with Crippen molar-refractivity contribution in [3.8, 4) is 11.3 Å². The summed E-state index contributed by atoms with van der Waals surface area (Å²) in [4.78, 5) is 5.03. The van der Waals surface area contributed by atoms with E-state index in [2.05, 4.69) is 32.8 Å². The molecule has 0 unspecified atom stereocenters. The van der Waals surface area contributed by atoms with Gasteiger partial charge in [0, 0.05) is 44.0 Å². The predicted octanol–water partition coefficient (Wildman–Crippen LogP) is 5.26. The standard InChI is InChI=1S/C24H26ClFN4/c25-22-3-1-2-4-24(22)29-15-13-28(14-16-29)20-9-10-21(17-20)30-12-11-23(27-30)18-5-7-19(26)8-6-18/h1-8,11-12,20-21H,9-10,13-17H2/t20-,21-/m0/s1. The van der Waals surface area contributed by atoms with E-state index in [0.29, 0.717) is 12.1 Å². The highest BCUT2D eigenvalue weighted by molar-refractivity contribution is 6.33. The van der Waals surface area contributed by atoms with Gasteiger partial charge in [-0.15, -0.1) is 0 Å². The Balaban J connectivity index is 1.19. The molecule has 2 atom stereocenters. The highest BCUT2D eigenvalue weighted by atomic mass is 35.5.